The van der Waals surface area contributed by atoms with E-state index in [-0.39, 0.29) is 0 Å². The number of quaternary nitrogens is 1. The third kappa shape index (κ3) is 10.9. The van der Waals surface area contributed by atoms with Crippen molar-refractivity contribution in [2.24, 2.45) is 0 Å². The summed E-state index contributed by atoms with van der Waals surface area (Å²) in [7, 11) is -4.89. The van der Waals surface area contributed by atoms with E-state index >= 15 is 0 Å². The summed E-state index contributed by atoms with van der Waals surface area (Å²) in [6, 6.07) is 8.92. The van der Waals surface area contributed by atoms with Crippen LogP contribution in [-0.4, -0.2) is 29.4 Å². The molecule has 0 saturated carbocycles. The molecule has 0 aromatic heterocycles. The Labute approximate surface area is 159 Å². The summed E-state index contributed by atoms with van der Waals surface area (Å²) in [6.45, 7) is 14.4. The van der Waals surface area contributed by atoms with Crippen molar-refractivity contribution in [2.75, 3.05) is 19.6 Å². The van der Waals surface area contributed by atoms with Crippen LogP contribution >= 0.6 is 7.82 Å². The second kappa shape index (κ2) is 13.2. The van der Waals surface area contributed by atoms with Crippen LogP contribution in [0.3, 0.4) is 0 Å². The van der Waals surface area contributed by atoms with E-state index in [1.165, 1.54) is 69.4 Å². The molecular weight excluding hydrogens is 349 g/mol. The number of unbranched alkanes of at least 4 members (excludes halogenated alkanes) is 5. The summed E-state index contributed by atoms with van der Waals surface area (Å²) in [6.07, 6.45) is 10.2. The van der Waals surface area contributed by atoms with Crippen LogP contribution in [0.2, 0.25) is 0 Å². The van der Waals surface area contributed by atoms with E-state index in [4.69, 9.17) is 19.2 Å². The van der Waals surface area contributed by atoms with Gasteiger partial charge in [0.2, 0.25) is 0 Å². The van der Waals surface area contributed by atoms with Crippen molar-refractivity contribution in [1.82, 2.24) is 4.48 Å². The molecule has 1 aromatic carbocycles. The molecule has 0 aliphatic rings. The lowest BCUT2D eigenvalue weighted by molar-refractivity contribution is -0.214. The standard InChI is InChI=1S/C20H34N.H3O4P/c1-5-9-10-11-12-13-17-21(7-3,8-4)20-16-14-15-19(6-2)18-20;1-5(2,3)4/h6,14-16,18H,2,5,7-13,17H2,1,3-4H3;(H3,1,2,3,4)/q+1;/p-1. The van der Waals surface area contributed by atoms with Gasteiger partial charge >= 0.3 is 0 Å². The number of rotatable bonds is 11. The van der Waals surface area contributed by atoms with Crippen molar-refractivity contribution in [2.45, 2.75) is 59.3 Å². The Hall–Kier alpha value is -0.970. The summed E-state index contributed by atoms with van der Waals surface area (Å²) in [5.41, 5.74) is 2.69. The van der Waals surface area contributed by atoms with Crippen molar-refractivity contribution in [3.63, 3.8) is 0 Å². The Morgan fingerprint density at radius 1 is 1.08 bits per heavy atom. The number of benzene rings is 1. The van der Waals surface area contributed by atoms with E-state index in [0.717, 1.165) is 4.48 Å². The lowest BCUT2D eigenvalue weighted by atomic mass is 10.1. The maximum atomic E-state index is 8.77. The largest absolute Gasteiger partial charge is 0.756 e. The molecule has 0 amide bonds. The highest BCUT2D eigenvalue weighted by atomic mass is 31.2. The maximum Gasteiger partial charge on any atom is 0.262 e. The average molecular weight is 385 g/mol. The van der Waals surface area contributed by atoms with Crippen LogP contribution in [0.1, 0.15) is 64.9 Å². The molecule has 150 valence electrons. The molecule has 0 atom stereocenters. The summed E-state index contributed by atoms with van der Waals surface area (Å²) in [5, 5.41) is 0. The second-order valence-corrected chi connectivity index (χ2v) is 7.54. The van der Waals surface area contributed by atoms with E-state index in [2.05, 4.69) is 51.6 Å². The SMILES string of the molecule is C=Cc1cccc([N+](CC)(CC)CCCCCCCC)c1.O=P([O-])(O)O. The van der Waals surface area contributed by atoms with Gasteiger partial charge in [-0.05, 0) is 38.3 Å². The zero-order valence-electron chi connectivity index (χ0n) is 16.6. The molecule has 0 aliphatic heterocycles. The molecule has 1 rings (SSSR count). The third-order valence-corrected chi connectivity index (χ3v) is 4.80. The first-order chi connectivity index (χ1) is 12.2. The molecule has 26 heavy (non-hydrogen) atoms. The monoisotopic (exact) mass is 385 g/mol. The molecule has 6 heteroatoms. The Morgan fingerprint density at radius 3 is 2.12 bits per heavy atom. The second-order valence-electron chi connectivity index (χ2n) is 6.56. The lowest BCUT2D eigenvalue weighted by Crippen LogP contribution is -2.49. The van der Waals surface area contributed by atoms with Crippen molar-refractivity contribution in [3.05, 3.63) is 36.4 Å². The first-order valence-electron chi connectivity index (χ1n) is 9.58. The van der Waals surface area contributed by atoms with Gasteiger partial charge in [0.1, 0.15) is 5.69 Å². The van der Waals surface area contributed by atoms with Crippen LogP contribution in [0.25, 0.3) is 6.08 Å². The fraction of sp³-hybridized carbons (Fsp3) is 0.600. The number of hydrogen-bond donors (Lipinski definition) is 2. The van der Waals surface area contributed by atoms with E-state index < -0.39 is 7.82 Å². The van der Waals surface area contributed by atoms with Crippen LogP contribution in [0.5, 0.6) is 0 Å². The summed E-state index contributed by atoms with van der Waals surface area (Å²) < 4.78 is 9.88. The zero-order valence-corrected chi connectivity index (χ0v) is 17.5. The number of phosphoric acid groups is 1. The van der Waals surface area contributed by atoms with Crippen molar-refractivity contribution < 1.29 is 19.2 Å². The Kier molecular flexibility index (Phi) is 12.7. The van der Waals surface area contributed by atoms with Crippen molar-refractivity contribution >= 4 is 19.6 Å². The summed E-state index contributed by atoms with van der Waals surface area (Å²) in [4.78, 5) is 22.9. The van der Waals surface area contributed by atoms with Gasteiger partial charge in [-0.3, -0.25) is 9.05 Å². The molecule has 0 spiro atoms. The topological polar surface area (TPSA) is 80.6 Å². The summed E-state index contributed by atoms with van der Waals surface area (Å²) >= 11 is 0. The molecule has 0 heterocycles. The van der Waals surface area contributed by atoms with E-state index in [1.807, 2.05) is 6.08 Å². The minimum atomic E-state index is -4.89. The fourth-order valence-corrected chi connectivity index (χ4v) is 3.18. The smallest absolute Gasteiger partial charge is 0.262 e. The van der Waals surface area contributed by atoms with Gasteiger partial charge in [0.15, 0.2) is 0 Å². The van der Waals surface area contributed by atoms with Gasteiger partial charge in [0, 0.05) is 6.07 Å². The van der Waals surface area contributed by atoms with E-state index in [9.17, 15) is 0 Å². The van der Waals surface area contributed by atoms with Crippen LogP contribution in [0.15, 0.2) is 30.8 Å². The Morgan fingerprint density at radius 2 is 1.62 bits per heavy atom. The molecule has 0 radical (unpaired) electrons. The minimum Gasteiger partial charge on any atom is -0.756 e. The quantitative estimate of drug-likeness (QED) is 0.334. The molecule has 5 nitrogen and oxygen atoms in total. The molecule has 2 N–H and O–H groups in total. The molecular formula is C20H36NO4P. The van der Waals surface area contributed by atoms with Crippen molar-refractivity contribution in [3.8, 4) is 0 Å². The molecule has 0 saturated heterocycles. The number of nitrogens with zero attached hydrogens (tertiary/aromatic N) is 1. The van der Waals surface area contributed by atoms with Crippen molar-refractivity contribution in [1.29, 1.82) is 0 Å². The molecule has 1 aromatic rings. The maximum absolute atomic E-state index is 8.77. The number of hydrogen-bond acceptors (Lipinski definition) is 2. The van der Waals surface area contributed by atoms with Gasteiger partial charge < -0.3 is 14.7 Å². The van der Waals surface area contributed by atoms with Gasteiger partial charge in [0.25, 0.3) is 7.82 Å². The lowest BCUT2D eigenvalue weighted by Gasteiger charge is -2.36. The fourth-order valence-electron chi connectivity index (χ4n) is 3.18. The average Bonchev–Trinajstić information content (AvgIpc) is 2.60. The highest BCUT2D eigenvalue weighted by Crippen LogP contribution is 2.26. The minimum absolute atomic E-state index is 1.11. The third-order valence-electron chi connectivity index (χ3n) is 4.80. The Bertz CT molecular complexity index is 544. The van der Waals surface area contributed by atoms with Crippen LogP contribution in [0.4, 0.5) is 5.69 Å². The van der Waals surface area contributed by atoms with E-state index in [1.54, 1.807) is 0 Å². The van der Waals surface area contributed by atoms with Gasteiger partial charge in [0.05, 0.1) is 19.6 Å². The first-order valence-corrected chi connectivity index (χ1v) is 11.1. The van der Waals surface area contributed by atoms with Crippen LogP contribution in [-0.2, 0) is 4.57 Å². The van der Waals surface area contributed by atoms with E-state index in [0.29, 0.717) is 0 Å². The normalized spacial score (nSPS) is 11.6. The van der Waals surface area contributed by atoms with Crippen LogP contribution in [0, 0.1) is 0 Å². The van der Waals surface area contributed by atoms with Gasteiger partial charge in [-0.15, -0.1) is 0 Å². The molecule has 0 bridgehead atoms. The highest BCUT2D eigenvalue weighted by Gasteiger charge is 2.25. The predicted octanol–water partition coefficient (Wildman–Crippen LogP) is 4.48. The molecule has 0 aliphatic carbocycles. The zero-order chi connectivity index (χ0) is 20.1. The first kappa shape index (κ1) is 25.0. The highest BCUT2D eigenvalue weighted by molar-refractivity contribution is 7.43. The Balaban J connectivity index is 0.00000110. The molecule has 0 unspecified atom stereocenters. The summed E-state index contributed by atoms with van der Waals surface area (Å²) in [5.74, 6) is 0. The predicted molar refractivity (Wildman–Crippen MR) is 110 cm³/mol. The van der Waals surface area contributed by atoms with Crippen LogP contribution < -0.4 is 9.38 Å². The van der Waals surface area contributed by atoms with Gasteiger partial charge in [-0.1, -0.05) is 57.4 Å². The molecule has 0 fully saturated rings. The van der Waals surface area contributed by atoms with Gasteiger partial charge in [-0.25, -0.2) is 0 Å². The van der Waals surface area contributed by atoms with Gasteiger partial charge in [-0.2, -0.15) is 0 Å².